The van der Waals surface area contributed by atoms with E-state index >= 15 is 0 Å². The van der Waals surface area contributed by atoms with E-state index in [1.807, 2.05) is 11.8 Å². The van der Waals surface area contributed by atoms with Crippen LogP contribution in [0.3, 0.4) is 0 Å². The zero-order valence-electron chi connectivity index (χ0n) is 8.13. The van der Waals surface area contributed by atoms with Crippen LogP contribution in [0.25, 0.3) is 0 Å². The maximum Gasteiger partial charge on any atom is 0.0438 e. The molecule has 3 heteroatoms. The quantitative estimate of drug-likeness (QED) is 0.561. The number of hydrogen-bond acceptors (Lipinski definition) is 3. The number of thioether (sulfide) groups is 1. The van der Waals surface area contributed by atoms with Crippen LogP contribution in [-0.4, -0.2) is 55.7 Å². The SMILES string of the molecule is CCN(C)CCN(C)CSC. The number of rotatable bonds is 6. The average Bonchev–Trinajstić information content (AvgIpc) is 2.01. The first-order valence-corrected chi connectivity index (χ1v) is 5.46. The lowest BCUT2D eigenvalue weighted by atomic mass is 10.5. The van der Waals surface area contributed by atoms with E-state index in [1.165, 1.54) is 13.1 Å². The summed E-state index contributed by atoms with van der Waals surface area (Å²) >= 11 is 1.88. The van der Waals surface area contributed by atoms with Crippen LogP contribution in [0.4, 0.5) is 0 Å². The van der Waals surface area contributed by atoms with E-state index < -0.39 is 0 Å². The van der Waals surface area contributed by atoms with E-state index in [4.69, 9.17) is 0 Å². The van der Waals surface area contributed by atoms with Gasteiger partial charge in [-0.2, -0.15) is 0 Å². The highest BCUT2D eigenvalue weighted by atomic mass is 32.2. The second-order valence-corrected chi connectivity index (χ2v) is 3.73. The van der Waals surface area contributed by atoms with Gasteiger partial charge in [0.15, 0.2) is 0 Å². The van der Waals surface area contributed by atoms with E-state index in [1.54, 1.807) is 0 Å². The van der Waals surface area contributed by atoms with Crippen molar-refractivity contribution in [2.24, 2.45) is 0 Å². The first-order chi connectivity index (χ1) is 5.20. The molecule has 0 unspecified atom stereocenters. The third-order valence-electron chi connectivity index (χ3n) is 1.75. The minimum atomic E-state index is 1.14. The molecule has 0 bridgehead atoms. The van der Waals surface area contributed by atoms with E-state index in [0.29, 0.717) is 0 Å². The molecule has 2 nitrogen and oxygen atoms in total. The van der Waals surface area contributed by atoms with Crippen LogP contribution in [0.2, 0.25) is 0 Å². The third-order valence-corrected chi connectivity index (χ3v) is 2.45. The van der Waals surface area contributed by atoms with Crippen molar-refractivity contribution in [2.75, 3.05) is 45.9 Å². The fourth-order valence-electron chi connectivity index (χ4n) is 0.784. The van der Waals surface area contributed by atoms with Crippen molar-refractivity contribution in [3.8, 4) is 0 Å². The van der Waals surface area contributed by atoms with Crippen LogP contribution in [0.1, 0.15) is 6.92 Å². The Morgan fingerprint density at radius 2 is 1.64 bits per heavy atom. The molecule has 0 radical (unpaired) electrons. The Labute approximate surface area is 74.9 Å². The molecule has 0 heterocycles. The summed E-state index contributed by atoms with van der Waals surface area (Å²) in [4.78, 5) is 4.67. The second-order valence-electron chi connectivity index (χ2n) is 2.89. The summed E-state index contributed by atoms with van der Waals surface area (Å²) in [5.41, 5.74) is 0. The van der Waals surface area contributed by atoms with Gasteiger partial charge in [-0.25, -0.2) is 0 Å². The predicted octanol–water partition coefficient (Wildman–Crippen LogP) is 1.19. The van der Waals surface area contributed by atoms with E-state index in [9.17, 15) is 0 Å². The topological polar surface area (TPSA) is 6.48 Å². The lowest BCUT2D eigenvalue weighted by Gasteiger charge is -2.19. The smallest absolute Gasteiger partial charge is 0.0438 e. The minimum Gasteiger partial charge on any atom is -0.305 e. The highest BCUT2D eigenvalue weighted by molar-refractivity contribution is 7.98. The summed E-state index contributed by atoms with van der Waals surface area (Å²) in [5, 5.41) is 0. The Morgan fingerprint density at radius 1 is 1.09 bits per heavy atom. The molecular formula is C8H20N2S. The molecule has 0 aromatic rings. The molecule has 11 heavy (non-hydrogen) atoms. The molecule has 0 saturated heterocycles. The lowest BCUT2D eigenvalue weighted by molar-refractivity contribution is 0.287. The molecule has 0 amide bonds. The summed E-state index contributed by atoms with van der Waals surface area (Å²) in [7, 11) is 4.33. The maximum absolute atomic E-state index is 2.34. The molecule has 0 spiro atoms. The molecule has 0 fully saturated rings. The first kappa shape index (κ1) is 11.3. The van der Waals surface area contributed by atoms with Gasteiger partial charge in [0.1, 0.15) is 0 Å². The van der Waals surface area contributed by atoms with E-state index in [0.717, 1.165) is 12.4 Å². The zero-order chi connectivity index (χ0) is 8.69. The van der Waals surface area contributed by atoms with Crippen LogP contribution in [0.5, 0.6) is 0 Å². The molecule has 68 valence electrons. The fraction of sp³-hybridized carbons (Fsp3) is 1.00. The van der Waals surface area contributed by atoms with Crippen LogP contribution in [0, 0.1) is 0 Å². The van der Waals surface area contributed by atoms with Gasteiger partial charge in [-0.15, -0.1) is 11.8 Å². The van der Waals surface area contributed by atoms with Gasteiger partial charge in [0, 0.05) is 19.0 Å². The molecule has 0 N–H and O–H groups in total. The van der Waals surface area contributed by atoms with Gasteiger partial charge in [0.2, 0.25) is 0 Å². The van der Waals surface area contributed by atoms with Crippen molar-refractivity contribution in [1.29, 1.82) is 0 Å². The molecule has 0 saturated carbocycles. The molecule has 0 aromatic heterocycles. The second kappa shape index (κ2) is 6.95. The van der Waals surface area contributed by atoms with Crippen molar-refractivity contribution in [2.45, 2.75) is 6.92 Å². The zero-order valence-corrected chi connectivity index (χ0v) is 8.95. The van der Waals surface area contributed by atoms with Gasteiger partial charge in [-0.05, 0) is 26.9 Å². The Kier molecular flexibility index (Phi) is 7.12. The van der Waals surface area contributed by atoms with Crippen molar-refractivity contribution in [1.82, 2.24) is 9.80 Å². The predicted molar refractivity (Wildman–Crippen MR) is 54.2 cm³/mol. The molecule has 0 aromatic carbocycles. The molecule has 0 aliphatic rings. The Bertz CT molecular complexity index is 88.2. The summed E-state index contributed by atoms with van der Waals surface area (Å²) in [5.74, 6) is 1.14. The first-order valence-electron chi connectivity index (χ1n) is 4.06. The Hall–Kier alpha value is 0.270. The van der Waals surface area contributed by atoms with Crippen LogP contribution < -0.4 is 0 Å². The highest BCUT2D eigenvalue weighted by Crippen LogP contribution is 1.95. The largest absolute Gasteiger partial charge is 0.305 e. The van der Waals surface area contributed by atoms with Crippen molar-refractivity contribution < 1.29 is 0 Å². The summed E-state index contributed by atoms with van der Waals surface area (Å²) in [6.07, 6.45) is 2.14. The van der Waals surface area contributed by atoms with Gasteiger partial charge in [0.25, 0.3) is 0 Å². The fourth-order valence-corrected chi connectivity index (χ4v) is 1.35. The molecule has 0 aliphatic carbocycles. The summed E-state index contributed by atoms with van der Waals surface area (Å²) in [6, 6.07) is 0. The molecule has 0 atom stereocenters. The minimum absolute atomic E-state index is 1.14. The summed E-state index contributed by atoms with van der Waals surface area (Å²) in [6.45, 7) is 5.68. The average molecular weight is 176 g/mol. The van der Waals surface area contributed by atoms with Crippen LogP contribution in [-0.2, 0) is 0 Å². The lowest BCUT2D eigenvalue weighted by Crippen LogP contribution is -2.30. The molecule has 0 aliphatic heterocycles. The Morgan fingerprint density at radius 3 is 2.09 bits per heavy atom. The summed E-state index contributed by atoms with van der Waals surface area (Å²) < 4.78 is 0. The van der Waals surface area contributed by atoms with Gasteiger partial charge >= 0.3 is 0 Å². The number of hydrogen-bond donors (Lipinski definition) is 0. The number of nitrogens with zero attached hydrogens (tertiary/aromatic N) is 2. The van der Waals surface area contributed by atoms with E-state index in [-0.39, 0.29) is 0 Å². The molecular weight excluding hydrogens is 156 g/mol. The Balaban J connectivity index is 3.22. The molecule has 0 rings (SSSR count). The van der Waals surface area contributed by atoms with Gasteiger partial charge in [-0.1, -0.05) is 6.92 Å². The third kappa shape index (κ3) is 6.66. The number of likely N-dealkylation sites (N-methyl/N-ethyl adjacent to an activating group) is 2. The van der Waals surface area contributed by atoms with Crippen molar-refractivity contribution in [3.63, 3.8) is 0 Å². The van der Waals surface area contributed by atoms with Crippen LogP contribution >= 0.6 is 11.8 Å². The normalized spacial score (nSPS) is 11.5. The van der Waals surface area contributed by atoms with Gasteiger partial charge < -0.3 is 4.90 Å². The standard InChI is InChI=1S/C8H20N2S/c1-5-9(2)6-7-10(3)8-11-4/h5-8H2,1-4H3. The van der Waals surface area contributed by atoms with E-state index in [2.05, 4.69) is 37.1 Å². The van der Waals surface area contributed by atoms with Crippen molar-refractivity contribution >= 4 is 11.8 Å². The highest BCUT2D eigenvalue weighted by Gasteiger charge is 1.98. The van der Waals surface area contributed by atoms with Gasteiger partial charge in [-0.3, -0.25) is 4.90 Å². The van der Waals surface area contributed by atoms with Crippen LogP contribution in [0.15, 0.2) is 0 Å². The van der Waals surface area contributed by atoms with Gasteiger partial charge in [0.05, 0.1) is 0 Å². The monoisotopic (exact) mass is 176 g/mol. The maximum atomic E-state index is 2.34. The van der Waals surface area contributed by atoms with Crippen molar-refractivity contribution in [3.05, 3.63) is 0 Å².